The molecule has 0 aliphatic carbocycles. The molecule has 1 heterocycles. The van der Waals surface area contributed by atoms with Crippen molar-refractivity contribution in [2.24, 2.45) is 0 Å². The van der Waals surface area contributed by atoms with Gasteiger partial charge in [0.1, 0.15) is 0 Å². The van der Waals surface area contributed by atoms with Gasteiger partial charge >= 0.3 is 5.97 Å². The summed E-state index contributed by atoms with van der Waals surface area (Å²) in [6.45, 7) is 6.09. The van der Waals surface area contributed by atoms with Gasteiger partial charge in [0, 0.05) is 5.92 Å². The number of hydrogen-bond donors (Lipinski definition) is 1. The summed E-state index contributed by atoms with van der Waals surface area (Å²) in [5, 5.41) is 8.98. The largest absolute Gasteiger partial charge is 0.475 e. The molecule has 0 amide bonds. The highest BCUT2D eigenvalue weighted by Crippen LogP contribution is 2.23. The first kappa shape index (κ1) is 12.7. The van der Waals surface area contributed by atoms with Crippen LogP contribution in [-0.4, -0.2) is 16.1 Å². The molecule has 1 rings (SSSR count). The van der Waals surface area contributed by atoms with Gasteiger partial charge in [0.25, 0.3) is 0 Å². The third-order valence-corrected chi connectivity index (χ3v) is 2.54. The van der Waals surface area contributed by atoms with Crippen molar-refractivity contribution in [2.45, 2.75) is 52.4 Å². The highest BCUT2D eigenvalue weighted by molar-refractivity contribution is 5.85. The number of aromatic nitrogens is 1. The van der Waals surface area contributed by atoms with Crippen LogP contribution < -0.4 is 0 Å². The van der Waals surface area contributed by atoms with Crippen molar-refractivity contribution in [3.8, 4) is 0 Å². The normalized spacial score (nSPS) is 12.7. The van der Waals surface area contributed by atoms with Crippen LogP contribution in [0.5, 0.6) is 0 Å². The smallest absolute Gasteiger partial charge is 0.373 e. The van der Waals surface area contributed by atoms with E-state index in [1.54, 1.807) is 0 Å². The molecule has 0 spiro atoms. The second-order valence-corrected chi connectivity index (χ2v) is 4.07. The van der Waals surface area contributed by atoms with E-state index < -0.39 is 5.97 Å². The Morgan fingerprint density at radius 1 is 1.44 bits per heavy atom. The van der Waals surface area contributed by atoms with Crippen molar-refractivity contribution in [3.05, 3.63) is 17.3 Å². The number of carboxylic acids is 1. The number of carboxylic acid groups (broad SMARTS) is 1. The van der Waals surface area contributed by atoms with E-state index in [0.29, 0.717) is 18.0 Å². The van der Waals surface area contributed by atoms with E-state index in [9.17, 15) is 4.79 Å². The highest BCUT2D eigenvalue weighted by atomic mass is 16.4. The SMILES string of the molecule is CCCc1nc(C(C)CCC)oc1C(=O)O. The molecule has 0 aliphatic heterocycles. The van der Waals surface area contributed by atoms with Gasteiger partial charge in [-0.2, -0.15) is 0 Å². The number of rotatable bonds is 6. The monoisotopic (exact) mass is 225 g/mol. The van der Waals surface area contributed by atoms with Gasteiger partial charge in [-0.15, -0.1) is 0 Å². The van der Waals surface area contributed by atoms with Gasteiger partial charge in [0.15, 0.2) is 5.89 Å². The van der Waals surface area contributed by atoms with E-state index >= 15 is 0 Å². The second kappa shape index (κ2) is 5.68. The Hall–Kier alpha value is -1.32. The molecular formula is C12H19NO3. The molecule has 1 aromatic heterocycles. The number of aryl methyl sites for hydroxylation is 1. The number of oxazole rings is 1. The third-order valence-electron chi connectivity index (χ3n) is 2.54. The molecule has 0 radical (unpaired) electrons. The standard InChI is InChI=1S/C12H19NO3/c1-4-6-8(3)11-13-9(7-5-2)10(16-11)12(14)15/h8H,4-7H2,1-3H3,(H,14,15). The molecular weight excluding hydrogens is 206 g/mol. The molecule has 0 saturated heterocycles. The van der Waals surface area contributed by atoms with E-state index in [1.807, 2.05) is 13.8 Å². The van der Waals surface area contributed by atoms with Crippen LogP contribution in [0.25, 0.3) is 0 Å². The predicted octanol–water partition coefficient (Wildman–Crippen LogP) is 3.23. The van der Waals surface area contributed by atoms with Crippen molar-refractivity contribution in [2.75, 3.05) is 0 Å². The minimum atomic E-state index is -1.02. The van der Waals surface area contributed by atoms with Gasteiger partial charge < -0.3 is 9.52 Å². The summed E-state index contributed by atoms with van der Waals surface area (Å²) < 4.78 is 5.33. The van der Waals surface area contributed by atoms with Gasteiger partial charge in [-0.25, -0.2) is 9.78 Å². The molecule has 1 aromatic rings. The van der Waals surface area contributed by atoms with Crippen molar-refractivity contribution < 1.29 is 14.3 Å². The molecule has 1 N–H and O–H groups in total. The van der Waals surface area contributed by atoms with Crippen molar-refractivity contribution in [3.63, 3.8) is 0 Å². The second-order valence-electron chi connectivity index (χ2n) is 4.07. The number of aromatic carboxylic acids is 1. The van der Waals surface area contributed by atoms with Gasteiger partial charge in [-0.3, -0.25) is 0 Å². The Morgan fingerprint density at radius 3 is 2.62 bits per heavy atom. The Balaban J connectivity index is 2.96. The van der Waals surface area contributed by atoms with E-state index in [2.05, 4.69) is 11.9 Å². The van der Waals surface area contributed by atoms with Crippen LogP contribution in [0, 0.1) is 0 Å². The lowest BCUT2D eigenvalue weighted by atomic mass is 10.1. The maximum atomic E-state index is 11.0. The van der Waals surface area contributed by atoms with Crippen molar-refractivity contribution >= 4 is 5.97 Å². The van der Waals surface area contributed by atoms with Crippen LogP contribution in [0.3, 0.4) is 0 Å². The predicted molar refractivity (Wildman–Crippen MR) is 60.8 cm³/mol. The molecule has 4 heteroatoms. The zero-order chi connectivity index (χ0) is 12.1. The molecule has 0 saturated carbocycles. The average molecular weight is 225 g/mol. The lowest BCUT2D eigenvalue weighted by Crippen LogP contribution is -1.99. The fourth-order valence-corrected chi connectivity index (χ4v) is 1.71. The fraction of sp³-hybridized carbons (Fsp3) is 0.667. The van der Waals surface area contributed by atoms with E-state index in [-0.39, 0.29) is 11.7 Å². The van der Waals surface area contributed by atoms with Crippen molar-refractivity contribution in [1.82, 2.24) is 4.98 Å². The van der Waals surface area contributed by atoms with Crippen LogP contribution in [0.2, 0.25) is 0 Å². The molecule has 0 aromatic carbocycles. The Labute approximate surface area is 95.7 Å². The zero-order valence-corrected chi connectivity index (χ0v) is 10.1. The summed E-state index contributed by atoms with van der Waals surface area (Å²) in [6.07, 6.45) is 3.53. The summed E-state index contributed by atoms with van der Waals surface area (Å²) in [7, 11) is 0. The molecule has 16 heavy (non-hydrogen) atoms. The van der Waals surface area contributed by atoms with Gasteiger partial charge in [0.2, 0.25) is 5.76 Å². The maximum Gasteiger partial charge on any atom is 0.373 e. The molecule has 0 bridgehead atoms. The third kappa shape index (κ3) is 2.84. The van der Waals surface area contributed by atoms with Gasteiger partial charge in [0.05, 0.1) is 5.69 Å². The summed E-state index contributed by atoms with van der Waals surface area (Å²) in [5.41, 5.74) is 0.577. The number of hydrogen-bond acceptors (Lipinski definition) is 3. The van der Waals surface area contributed by atoms with Crippen LogP contribution >= 0.6 is 0 Å². The van der Waals surface area contributed by atoms with E-state index in [0.717, 1.165) is 19.3 Å². The summed E-state index contributed by atoms with van der Waals surface area (Å²) in [4.78, 5) is 15.2. The minimum absolute atomic E-state index is 0.0137. The topological polar surface area (TPSA) is 63.3 Å². The van der Waals surface area contributed by atoms with Crippen LogP contribution in [0.1, 0.15) is 68.1 Å². The Bertz CT molecular complexity index is 357. The van der Waals surface area contributed by atoms with Crippen LogP contribution in [0.15, 0.2) is 4.42 Å². The van der Waals surface area contributed by atoms with E-state index in [4.69, 9.17) is 9.52 Å². The maximum absolute atomic E-state index is 11.0. The molecule has 1 atom stereocenters. The van der Waals surface area contributed by atoms with E-state index in [1.165, 1.54) is 0 Å². The van der Waals surface area contributed by atoms with Crippen molar-refractivity contribution in [1.29, 1.82) is 0 Å². The molecule has 0 fully saturated rings. The average Bonchev–Trinajstić information content (AvgIpc) is 2.63. The van der Waals surface area contributed by atoms with Crippen LogP contribution in [-0.2, 0) is 6.42 Å². The quantitative estimate of drug-likeness (QED) is 0.807. The Kier molecular flexibility index (Phi) is 4.52. The first-order valence-corrected chi connectivity index (χ1v) is 5.83. The van der Waals surface area contributed by atoms with Gasteiger partial charge in [-0.05, 0) is 12.8 Å². The molecule has 0 aliphatic rings. The first-order valence-electron chi connectivity index (χ1n) is 5.83. The summed E-state index contributed by atoms with van der Waals surface area (Å²) >= 11 is 0. The lowest BCUT2D eigenvalue weighted by molar-refractivity contribution is 0.0658. The summed E-state index contributed by atoms with van der Waals surface area (Å²) in [6, 6.07) is 0. The number of nitrogens with zero attached hydrogens (tertiary/aromatic N) is 1. The summed E-state index contributed by atoms with van der Waals surface area (Å²) in [5.74, 6) is -0.262. The fourth-order valence-electron chi connectivity index (χ4n) is 1.71. The van der Waals surface area contributed by atoms with Gasteiger partial charge in [-0.1, -0.05) is 33.6 Å². The first-order chi connectivity index (χ1) is 7.60. The number of carbonyl (C=O) groups is 1. The zero-order valence-electron chi connectivity index (χ0n) is 10.1. The molecule has 90 valence electrons. The molecule has 4 nitrogen and oxygen atoms in total. The Morgan fingerprint density at radius 2 is 2.12 bits per heavy atom. The highest BCUT2D eigenvalue weighted by Gasteiger charge is 2.21. The molecule has 1 unspecified atom stereocenters. The van der Waals surface area contributed by atoms with Crippen LogP contribution in [0.4, 0.5) is 0 Å². The lowest BCUT2D eigenvalue weighted by Gasteiger charge is -2.03. The minimum Gasteiger partial charge on any atom is -0.475 e.